The Balaban J connectivity index is 1.88. The fourth-order valence-corrected chi connectivity index (χ4v) is 2.51. The van der Waals surface area contributed by atoms with Gasteiger partial charge in [-0.05, 0) is 24.9 Å². The molecular formula is C15H22N2O2. The highest BCUT2D eigenvalue weighted by Gasteiger charge is 2.23. The Labute approximate surface area is 114 Å². The Bertz CT molecular complexity index is 388. The van der Waals surface area contributed by atoms with E-state index in [9.17, 15) is 4.79 Å². The normalized spacial score (nSPS) is 20.2. The molecule has 1 amide bonds. The maximum atomic E-state index is 12.0. The van der Waals surface area contributed by atoms with Crippen LogP contribution in [0.5, 0.6) is 0 Å². The summed E-state index contributed by atoms with van der Waals surface area (Å²) in [4.78, 5) is 12.0. The van der Waals surface area contributed by atoms with Crippen LogP contribution in [0.4, 0.5) is 0 Å². The topological polar surface area (TPSA) is 61.4 Å². The largest absolute Gasteiger partial charge is 0.396 e. The molecule has 2 atom stereocenters. The van der Waals surface area contributed by atoms with E-state index in [-0.39, 0.29) is 24.3 Å². The smallest absolute Gasteiger partial charge is 0.224 e. The zero-order chi connectivity index (χ0) is 13.5. The molecule has 0 radical (unpaired) electrons. The average molecular weight is 262 g/mol. The van der Waals surface area contributed by atoms with Crippen LogP contribution in [0.3, 0.4) is 0 Å². The van der Waals surface area contributed by atoms with Crippen LogP contribution >= 0.6 is 0 Å². The number of carbonyl (C=O) groups excluding carboxylic acids is 1. The minimum absolute atomic E-state index is 0.102. The standard InChI is InChI=1S/C15H22N2O2/c18-9-7-13(12-4-2-1-3-5-12)11-17-15(19)14-6-8-16-10-14/h1-5,13-14,16,18H,6-11H2,(H,17,19)/t13-,14+/m0/s1. The van der Waals surface area contributed by atoms with Crippen molar-refractivity contribution < 1.29 is 9.90 Å². The van der Waals surface area contributed by atoms with Crippen LogP contribution in [0.25, 0.3) is 0 Å². The molecule has 0 saturated carbocycles. The second kappa shape index (κ2) is 7.26. The molecule has 0 aromatic heterocycles. The van der Waals surface area contributed by atoms with Crippen LogP contribution in [0.1, 0.15) is 24.3 Å². The Hall–Kier alpha value is -1.39. The van der Waals surface area contributed by atoms with E-state index in [1.807, 2.05) is 30.3 Å². The highest BCUT2D eigenvalue weighted by molar-refractivity contribution is 5.79. The molecular weight excluding hydrogens is 240 g/mol. The van der Waals surface area contributed by atoms with Crippen LogP contribution in [-0.2, 0) is 4.79 Å². The quantitative estimate of drug-likeness (QED) is 0.713. The minimum atomic E-state index is 0.102. The molecule has 0 unspecified atom stereocenters. The second-order valence-electron chi connectivity index (χ2n) is 5.05. The molecule has 0 aliphatic carbocycles. The van der Waals surface area contributed by atoms with Crippen molar-refractivity contribution in [1.29, 1.82) is 0 Å². The molecule has 4 nitrogen and oxygen atoms in total. The zero-order valence-electron chi connectivity index (χ0n) is 11.1. The number of carbonyl (C=O) groups is 1. The summed E-state index contributed by atoms with van der Waals surface area (Å²) in [7, 11) is 0. The van der Waals surface area contributed by atoms with Gasteiger partial charge in [0.1, 0.15) is 0 Å². The van der Waals surface area contributed by atoms with E-state index in [0.717, 1.165) is 19.5 Å². The third-order valence-corrected chi connectivity index (χ3v) is 3.70. The van der Waals surface area contributed by atoms with Gasteiger partial charge in [-0.2, -0.15) is 0 Å². The van der Waals surface area contributed by atoms with Gasteiger partial charge in [0.2, 0.25) is 5.91 Å². The predicted molar refractivity (Wildman–Crippen MR) is 74.9 cm³/mol. The van der Waals surface area contributed by atoms with Crippen LogP contribution in [0, 0.1) is 5.92 Å². The van der Waals surface area contributed by atoms with Gasteiger partial charge in [-0.1, -0.05) is 30.3 Å². The van der Waals surface area contributed by atoms with Gasteiger partial charge in [0.25, 0.3) is 0 Å². The van der Waals surface area contributed by atoms with Gasteiger partial charge in [0, 0.05) is 25.6 Å². The maximum absolute atomic E-state index is 12.0. The summed E-state index contributed by atoms with van der Waals surface area (Å²) in [5, 5.41) is 15.4. The molecule has 1 saturated heterocycles. The number of nitrogens with one attached hydrogen (secondary N) is 2. The van der Waals surface area contributed by atoms with E-state index in [0.29, 0.717) is 13.0 Å². The molecule has 0 bridgehead atoms. The molecule has 3 N–H and O–H groups in total. The van der Waals surface area contributed by atoms with Crippen molar-refractivity contribution in [2.45, 2.75) is 18.8 Å². The first-order valence-corrected chi connectivity index (χ1v) is 6.95. The molecule has 1 heterocycles. The van der Waals surface area contributed by atoms with Crippen LogP contribution < -0.4 is 10.6 Å². The summed E-state index contributed by atoms with van der Waals surface area (Å²) in [6.07, 6.45) is 1.59. The molecule has 4 heteroatoms. The van der Waals surface area contributed by atoms with Gasteiger partial charge in [0.15, 0.2) is 0 Å². The molecule has 1 aliphatic heterocycles. The van der Waals surface area contributed by atoms with Crippen molar-refractivity contribution in [3.63, 3.8) is 0 Å². The zero-order valence-corrected chi connectivity index (χ0v) is 11.1. The fourth-order valence-electron chi connectivity index (χ4n) is 2.51. The molecule has 1 aromatic carbocycles. The van der Waals surface area contributed by atoms with E-state index < -0.39 is 0 Å². The molecule has 2 rings (SSSR count). The number of amides is 1. The average Bonchev–Trinajstić information content (AvgIpc) is 2.98. The number of aliphatic hydroxyl groups excluding tert-OH is 1. The molecule has 1 fully saturated rings. The number of benzene rings is 1. The molecule has 104 valence electrons. The SMILES string of the molecule is O=C(NC[C@H](CCO)c1ccccc1)[C@@H]1CCNC1. The van der Waals surface area contributed by atoms with E-state index >= 15 is 0 Å². The van der Waals surface area contributed by atoms with Crippen molar-refractivity contribution in [2.24, 2.45) is 5.92 Å². The lowest BCUT2D eigenvalue weighted by atomic mass is 9.95. The van der Waals surface area contributed by atoms with Crippen molar-refractivity contribution in [3.8, 4) is 0 Å². The maximum Gasteiger partial charge on any atom is 0.224 e. The third-order valence-electron chi connectivity index (χ3n) is 3.70. The molecule has 19 heavy (non-hydrogen) atoms. The van der Waals surface area contributed by atoms with Crippen LogP contribution in [0.2, 0.25) is 0 Å². The Morgan fingerprint density at radius 1 is 1.42 bits per heavy atom. The van der Waals surface area contributed by atoms with E-state index in [4.69, 9.17) is 5.11 Å². The fraction of sp³-hybridized carbons (Fsp3) is 0.533. The molecule has 1 aliphatic rings. The first kappa shape index (κ1) is 14.0. The van der Waals surface area contributed by atoms with Crippen molar-refractivity contribution in [1.82, 2.24) is 10.6 Å². The van der Waals surface area contributed by atoms with Gasteiger partial charge in [-0.3, -0.25) is 4.79 Å². The van der Waals surface area contributed by atoms with Crippen molar-refractivity contribution in [3.05, 3.63) is 35.9 Å². The lowest BCUT2D eigenvalue weighted by molar-refractivity contribution is -0.124. The molecule has 0 spiro atoms. The highest BCUT2D eigenvalue weighted by atomic mass is 16.3. The second-order valence-corrected chi connectivity index (χ2v) is 5.05. The first-order chi connectivity index (χ1) is 9.31. The summed E-state index contributed by atoms with van der Waals surface area (Å²) < 4.78 is 0. The lowest BCUT2D eigenvalue weighted by Crippen LogP contribution is -2.35. The van der Waals surface area contributed by atoms with Gasteiger partial charge in [0.05, 0.1) is 5.92 Å². The summed E-state index contributed by atoms with van der Waals surface area (Å²) in [6, 6.07) is 10.0. The summed E-state index contributed by atoms with van der Waals surface area (Å²) in [6.45, 7) is 2.44. The van der Waals surface area contributed by atoms with E-state index in [1.165, 1.54) is 5.56 Å². The summed E-state index contributed by atoms with van der Waals surface area (Å²) in [5.41, 5.74) is 1.17. The number of rotatable bonds is 6. The van der Waals surface area contributed by atoms with Gasteiger partial charge in [-0.25, -0.2) is 0 Å². The third kappa shape index (κ3) is 4.04. The van der Waals surface area contributed by atoms with Crippen molar-refractivity contribution in [2.75, 3.05) is 26.2 Å². The summed E-state index contributed by atoms with van der Waals surface area (Å²) >= 11 is 0. The lowest BCUT2D eigenvalue weighted by Gasteiger charge is -2.18. The minimum Gasteiger partial charge on any atom is -0.396 e. The van der Waals surface area contributed by atoms with Crippen LogP contribution in [0.15, 0.2) is 30.3 Å². The Kier molecular flexibility index (Phi) is 5.36. The van der Waals surface area contributed by atoms with Crippen molar-refractivity contribution >= 4 is 5.91 Å². The predicted octanol–water partition coefficient (Wildman–Crippen LogP) is 0.878. The first-order valence-electron chi connectivity index (χ1n) is 6.95. The van der Waals surface area contributed by atoms with Gasteiger partial charge in [-0.15, -0.1) is 0 Å². The molecule has 1 aromatic rings. The highest BCUT2D eigenvalue weighted by Crippen LogP contribution is 2.18. The van der Waals surface area contributed by atoms with Crippen LogP contribution in [-0.4, -0.2) is 37.3 Å². The Morgan fingerprint density at radius 3 is 2.84 bits per heavy atom. The number of hydrogen-bond acceptors (Lipinski definition) is 3. The number of aliphatic hydroxyl groups is 1. The van der Waals surface area contributed by atoms with E-state index in [2.05, 4.69) is 10.6 Å². The van der Waals surface area contributed by atoms with Gasteiger partial charge < -0.3 is 15.7 Å². The number of hydrogen-bond donors (Lipinski definition) is 3. The monoisotopic (exact) mass is 262 g/mol. The Morgan fingerprint density at radius 2 is 2.21 bits per heavy atom. The van der Waals surface area contributed by atoms with Gasteiger partial charge >= 0.3 is 0 Å². The summed E-state index contributed by atoms with van der Waals surface area (Å²) in [5.74, 6) is 0.416. The van der Waals surface area contributed by atoms with E-state index in [1.54, 1.807) is 0 Å².